The molecule has 1 heterocycles. The van der Waals surface area contributed by atoms with Crippen molar-refractivity contribution in [3.63, 3.8) is 0 Å². The van der Waals surface area contributed by atoms with Crippen LogP contribution in [-0.2, 0) is 0 Å². The number of hydrogen-bond acceptors (Lipinski definition) is 2. The molecule has 4 heteroatoms. The van der Waals surface area contributed by atoms with Crippen molar-refractivity contribution in [1.29, 1.82) is 0 Å². The Labute approximate surface area is 136 Å². The van der Waals surface area contributed by atoms with Crippen LogP contribution in [0.2, 0.25) is 0 Å². The fourth-order valence-electron chi connectivity index (χ4n) is 3.06. The standard InChI is InChI=1S/C19H21FN2O/c1-15(16-6-3-2-4-7-16)21-10-12-22(13-11-21)19(23)17-8-5-9-18(20)14-17/h2-9,14-15H,10-13H2,1H3. The molecule has 0 saturated carbocycles. The van der Waals surface area contributed by atoms with E-state index in [1.54, 1.807) is 12.1 Å². The molecule has 3 rings (SSSR count). The normalized spacial score (nSPS) is 17.0. The molecular weight excluding hydrogens is 291 g/mol. The van der Waals surface area contributed by atoms with Crippen LogP contribution in [0.5, 0.6) is 0 Å². The average Bonchev–Trinajstić information content (AvgIpc) is 2.61. The fourth-order valence-corrected chi connectivity index (χ4v) is 3.06. The Morgan fingerprint density at radius 2 is 1.70 bits per heavy atom. The van der Waals surface area contributed by atoms with Gasteiger partial charge in [-0.1, -0.05) is 36.4 Å². The van der Waals surface area contributed by atoms with Crippen LogP contribution < -0.4 is 0 Å². The number of piperazine rings is 1. The number of benzene rings is 2. The minimum atomic E-state index is -0.368. The smallest absolute Gasteiger partial charge is 0.254 e. The third-order valence-electron chi connectivity index (χ3n) is 4.50. The first-order valence-electron chi connectivity index (χ1n) is 7.99. The van der Waals surface area contributed by atoms with E-state index in [1.165, 1.54) is 17.7 Å². The molecule has 1 fully saturated rings. The SMILES string of the molecule is CC(c1ccccc1)N1CCN(C(=O)c2cccc(F)c2)CC1. The zero-order valence-corrected chi connectivity index (χ0v) is 13.3. The highest BCUT2D eigenvalue weighted by atomic mass is 19.1. The van der Waals surface area contributed by atoms with Crippen LogP contribution >= 0.6 is 0 Å². The molecule has 2 aromatic rings. The van der Waals surface area contributed by atoms with E-state index in [4.69, 9.17) is 0 Å². The summed E-state index contributed by atoms with van der Waals surface area (Å²) in [6.45, 7) is 5.20. The van der Waals surface area contributed by atoms with Crippen molar-refractivity contribution in [3.8, 4) is 0 Å². The fraction of sp³-hybridized carbons (Fsp3) is 0.316. The molecule has 3 nitrogen and oxygen atoms in total. The summed E-state index contributed by atoms with van der Waals surface area (Å²) in [6, 6.07) is 16.6. The van der Waals surface area contributed by atoms with E-state index in [9.17, 15) is 9.18 Å². The van der Waals surface area contributed by atoms with Crippen molar-refractivity contribution in [1.82, 2.24) is 9.80 Å². The van der Waals surface area contributed by atoms with Gasteiger partial charge < -0.3 is 4.90 Å². The summed E-state index contributed by atoms with van der Waals surface area (Å²) in [5.74, 6) is -0.455. The Hall–Kier alpha value is -2.20. The largest absolute Gasteiger partial charge is 0.336 e. The molecule has 0 N–H and O–H groups in total. The van der Waals surface area contributed by atoms with Crippen molar-refractivity contribution in [2.75, 3.05) is 26.2 Å². The minimum absolute atomic E-state index is 0.0866. The summed E-state index contributed by atoms with van der Waals surface area (Å²) in [7, 11) is 0. The van der Waals surface area contributed by atoms with Crippen molar-refractivity contribution >= 4 is 5.91 Å². The summed E-state index contributed by atoms with van der Waals surface area (Å²) < 4.78 is 13.3. The second-order valence-corrected chi connectivity index (χ2v) is 5.93. The third-order valence-corrected chi connectivity index (χ3v) is 4.50. The molecule has 120 valence electrons. The molecule has 23 heavy (non-hydrogen) atoms. The van der Waals surface area contributed by atoms with Gasteiger partial charge in [-0.05, 0) is 30.7 Å². The van der Waals surface area contributed by atoms with E-state index in [0.717, 1.165) is 13.1 Å². The Morgan fingerprint density at radius 1 is 1.00 bits per heavy atom. The van der Waals surface area contributed by atoms with E-state index in [0.29, 0.717) is 24.7 Å². The molecule has 1 saturated heterocycles. The highest BCUT2D eigenvalue weighted by molar-refractivity contribution is 5.94. The Morgan fingerprint density at radius 3 is 2.35 bits per heavy atom. The second kappa shape index (κ2) is 6.92. The van der Waals surface area contributed by atoms with Gasteiger partial charge in [0, 0.05) is 37.8 Å². The lowest BCUT2D eigenvalue weighted by Gasteiger charge is -2.38. The first kappa shape index (κ1) is 15.7. The number of hydrogen-bond donors (Lipinski definition) is 0. The molecule has 2 aromatic carbocycles. The van der Waals surface area contributed by atoms with Gasteiger partial charge in [-0.15, -0.1) is 0 Å². The Balaban J connectivity index is 1.61. The summed E-state index contributed by atoms with van der Waals surface area (Å²) in [5.41, 5.74) is 1.71. The van der Waals surface area contributed by atoms with E-state index in [1.807, 2.05) is 11.0 Å². The van der Waals surface area contributed by atoms with Crippen molar-refractivity contribution in [2.45, 2.75) is 13.0 Å². The van der Waals surface area contributed by atoms with Crippen LogP contribution in [0, 0.1) is 5.82 Å². The topological polar surface area (TPSA) is 23.6 Å². The summed E-state index contributed by atoms with van der Waals surface area (Å²) >= 11 is 0. The first-order valence-corrected chi connectivity index (χ1v) is 7.99. The first-order chi connectivity index (χ1) is 11.1. The lowest BCUT2D eigenvalue weighted by molar-refractivity contribution is 0.0581. The minimum Gasteiger partial charge on any atom is -0.336 e. The van der Waals surface area contributed by atoms with Gasteiger partial charge >= 0.3 is 0 Å². The van der Waals surface area contributed by atoms with Crippen molar-refractivity contribution in [2.24, 2.45) is 0 Å². The molecule has 0 radical (unpaired) electrons. The summed E-state index contributed by atoms with van der Waals surface area (Å²) in [4.78, 5) is 16.6. The number of amides is 1. The number of carbonyl (C=O) groups is 1. The molecule has 1 amide bonds. The van der Waals surface area contributed by atoms with E-state index in [-0.39, 0.29) is 11.7 Å². The Bertz CT molecular complexity index is 666. The molecule has 1 unspecified atom stereocenters. The lowest BCUT2D eigenvalue weighted by Crippen LogP contribution is -2.49. The molecule has 0 aromatic heterocycles. The van der Waals surface area contributed by atoms with Crippen LogP contribution in [-0.4, -0.2) is 41.9 Å². The van der Waals surface area contributed by atoms with Gasteiger partial charge in [-0.25, -0.2) is 4.39 Å². The van der Waals surface area contributed by atoms with Gasteiger partial charge in [0.25, 0.3) is 5.91 Å². The van der Waals surface area contributed by atoms with Crippen LogP contribution in [0.15, 0.2) is 54.6 Å². The summed E-state index contributed by atoms with van der Waals surface area (Å²) in [5, 5.41) is 0. The highest BCUT2D eigenvalue weighted by Gasteiger charge is 2.25. The third kappa shape index (κ3) is 3.59. The van der Waals surface area contributed by atoms with Crippen molar-refractivity contribution in [3.05, 3.63) is 71.5 Å². The van der Waals surface area contributed by atoms with Gasteiger partial charge in [-0.2, -0.15) is 0 Å². The van der Waals surface area contributed by atoms with Crippen LogP contribution in [0.4, 0.5) is 4.39 Å². The van der Waals surface area contributed by atoms with E-state index < -0.39 is 0 Å². The van der Waals surface area contributed by atoms with Gasteiger partial charge in [0.15, 0.2) is 0 Å². The molecular formula is C19H21FN2O. The zero-order valence-electron chi connectivity index (χ0n) is 13.3. The average molecular weight is 312 g/mol. The van der Waals surface area contributed by atoms with Crippen LogP contribution in [0.1, 0.15) is 28.9 Å². The lowest BCUT2D eigenvalue weighted by atomic mass is 10.1. The van der Waals surface area contributed by atoms with Gasteiger partial charge in [-0.3, -0.25) is 9.69 Å². The van der Waals surface area contributed by atoms with E-state index in [2.05, 4.69) is 36.1 Å². The molecule has 1 atom stereocenters. The molecule has 0 aliphatic carbocycles. The number of rotatable bonds is 3. The van der Waals surface area contributed by atoms with Gasteiger partial charge in [0.05, 0.1) is 0 Å². The number of halogens is 1. The quantitative estimate of drug-likeness (QED) is 0.868. The predicted octanol–water partition coefficient (Wildman–Crippen LogP) is 3.34. The maximum Gasteiger partial charge on any atom is 0.254 e. The molecule has 1 aliphatic rings. The molecule has 1 aliphatic heterocycles. The highest BCUT2D eigenvalue weighted by Crippen LogP contribution is 2.21. The summed E-state index contributed by atoms with van der Waals surface area (Å²) in [6.07, 6.45) is 0. The monoisotopic (exact) mass is 312 g/mol. The van der Waals surface area contributed by atoms with Crippen LogP contribution in [0.3, 0.4) is 0 Å². The zero-order chi connectivity index (χ0) is 16.2. The second-order valence-electron chi connectivity index (χ2n) is 5.93. The van der Waals surface area contributed by atoms with Crippen LogP contribution in [0.25, 0.3) is 0 Å². The predicted molar refractivity (Wildman–Crippen MR) is 88.7 cm³/mol. The molecule has 0 spiro atoms. The Kier molecular flexibility index (Phi) is 4.72. The van der Waals surface area contributed by atoms with E-state index >= 15 is 0 Å². The van der Waals surface area contributed by atoms with Gasteiger partial charge in [0.2, 0.25) is 0 Å². The maximum absolute atomic E-state index is 13.3. The number of carbonyl (C=O) groups excluding carboxylic acids is 1. The maximum atomic E-state index is 13.3. The molecule has 0 bridgehead atoms. The van der Waals surface area contributed by atoms with Crippen molar-refractivity contribution < 1.29 is 9.18 Å². The van der Waals surface area contributed by atoms with Gasteiger partial charge in [0.1, 0.15) is 5.82 Å². The number of nitrogens with zero attached hydrogens (tertiary/aromatic N) is 2.